The molecule has 0 amide bonds. The first-order valence-electron chi connectivity index (χ1n) is 6.90. The normalized spacial score (nSPS) is 31.4. The van der Waals surface area contributed by atoms with Gasteiger partial charge in [0.2, 0.25) is 5.88 Å². The van der Waals surface area contributed by atoms with E-state index in [2.05, 4.69) is 18.9 Å². The van der Waals surface area contributed by atoms with Gasteiger partial charge in [-0.15, -0.1) is 5.10 Å². The molecule has 1 heterocycles. The number of rotatable bonds is 4. The van der Waals surface area contributed by atoms with E-state index in [0.717, 1.165) is 30.2 Å². The van der Waals surface area contributed by atoms with Gasteiger partial charge < -0.3 is 4.74 Å². The number of hydrogen-bond acceptors (Lipinski definition) is 2. The molecule has 2 fully saturated rings. The quantitative estimate of drug-likeness (QED) is 0.799. The maximum atomic E-state index is 5.84. The lowest BCUT2D eigenvalue weighted by Gasteiger charge is -2.20. The summed E-state index contributed by atoms with van der Waals surface area (Å²) in [5, 5.41) is 4.43. The first-order chi connectivity index (χ1) is 8.22. The van der Waals surface area contributed by atoms with Gasteiger partial charge in [-0.1, -0.05) is 6.42 Å². The lowest BCUT2D eigenvalue weighted by molar-refractivity contribution is 0.188. The van der Waals surface area contributed by atoms with E-state index in [4.69, 9.17) is 4.74 Å². The van der Waals surface area contributed by atoms with E-state index in [1.54, 1.807) is 0 Å². The summed E-state index contributed by atoms with van der Waals surface area (Å²) in [7, 11) is 0. The zero-order valence-electron chi connectivity index (χ0n) is 10.8. The first-order valence-corrected chi connectivity index (χ1v) is 6.90. The van der Waals surface area contributed by atoms with Crippen molar-refractivity contribution in [1.82, 2.24) is 9.78 Å². The SMILES string of the molecule is CC(C)n1ccc(OCC2C[C@@H]3CC[C@H]2C3)n1. The van der Waals surface area contributed by atoms with Gasteiger partial charge in [-0.2, -0.15) is 0 Å². The lowest BCUT2D eigenvalue weighted by Crippen LogP contribution is -2.18. The fourth-order valence-corrected chi connectivity index (χ4v) is 3.46. The third kappa shape index (κ3) is 2.20. The van der Waals surface area contributed by atoms with Crippen LogP contribution in [0.5, 0.6) is 5.88 Å². The van der Waals surface area contributed by atoms with Gasteiger partial charge in [-0.25, -0.2) is 0 Å². The molecule has 2 aliphatic carbocycles. The Morgan fingerprint density at radius 1 is 1.41 bits per heavy atom. The summed E-state index contributed by atoms with van der Waals surface area (Å²) in [4.78, 5) is 0. The monoisotopic (exact) mass is 234 g/mol. The lowest BCUT2D eigenvalue weighted by atomic mass is 9.90. The summed E-state index contributed by atoms with van der Waals surface area (Å²) in [6.07, 6.45) is 7.73. The molecule has 0 aliphatic heterocycles. The van der Waals surface area contributed by atoms with E-state index < -0.39 is 0 Å². The molecule has 3 rings (SSSR count). The molecule has 94 valence electrons. The molecule has 2 bridgehead atoms. The average molecular weight is 234 g/mol. The highest BCUT2D eigenvalue weighted by atomic mass is 16.5. The van der Waals surface area contributed by atoms with Crippen LogP contribution in [0.3, 0.4) is 0 Å². The van der Waals surface area contributed by atoms with E-state index in [1.807, 2.05) is 16.9 Å². The van der Waals surface area contributed by atoms with Crippen LogP contribution in [0.1, 0.15) is 45.6 Å². The Balaban J connectivity index is 1.53. The molecule has 1 aromatic rings. The van der Waals surface area contributed by atoms with E-state index >= 15 is 0 Å². The highest BCUT2D eigenvalue weighted by molar-refractivity contribution is 5.06. The van der Waals surface area contributed by atoms with Gasteiger partial charge >= 0.3 is 0 Å². The van der Waals surface area contributed by atoms with Crippen molar-refractivity contribution in [3.63, 3.8) is 0 Å². The molecule has 0 aromatic carbocycles. The van der Waals surface area contributed by atoms with Crippen LogP contribution >= 0.6 is 0 Å². The second-order valence-corrected chi connectivity index (χ2v) is 5.97. The molecule has 0 spiro atoms. The van der Waals surface area contributed by atoms with Gasteiger partial charge in [0.1, 0.15) is 0 Å². The minimum absolute atomic E-state index is 0.412. The van der Waals surface area contributed by atoms with Crippen LogP contribution in [0.4, 0.5) is 0 Å². The van der Waals surface area contributed by atoms with Gasteiger partial charge in [0.25, 0.3) is 0 Å². The molecule has 1 aromatic heterocycles. The highest BCUT2D eigenvalue weighted by Gasteiger charge is 2.39. The number of nitrogens with zero attached hydrogens (tertiary/aromatic N) is 2. The largest absolute Gasteiger partial charge is 0.476 e. The third-order valence-electron chi connectivity index (χ3n) is 4.44. The standard InChI is InChI=1S/C14H22N2O/c1-10(2)16-6-5-14(15-16)17-9-13-8-11-3-4-12(13)7-11/h5-6,10-13H,3-4,7-9H2,1-2H3/t11-,12+,13?/m1/s1. The number of fused-ring (bicyclic) bond motifs is 2. The molecule has 0 radical (unpaired) electrons. The van der Waals surface area contributed by atoms with Gasteiger partial charge in [0.15, 0.2) is 0 Å². The molecule has 2 saturated carbocycles. The van der Waals surface area contributed by atoms with Crippen LogP contribution in [-0.2, 0) is 0 Å². The average Bonchev–Trinajstić information content (AvgIpc) is 3.02. The minimum atomic E-state index is 0.412. The molecule has 2 aliphatic rings. The topological polar surface area (TPSA) is 27.1 Å². The zero-order valence-corrected chi connectivity index (χ0v) is 10.8. The number of aromatic nitrogens is 2. The second kappa shape index (κ2) is 4.35. The van der Waals surface area contributed by atoms with Gasteiger partial charge in [0.05, 0.1) is 6.61 Å². The van der Waals surface area contributed by atoms with Crippen LogP contribution in [-0.4, -0.2) is 16.4 Å². The van der Waals surface area contributed by atoms with Crippen molar-refractivity contribution in [2.45, 2.75) is 45.6 Å². The highest BCUT2D eigenvalue weighted by Crippen LogP contribution is 2.48. The molecular formula is C14H22N2O. The summed E-state index contributed by atoms with van der Waals surface area (Å²) in [5.74, 6) is 3.52. The summed E-state index contributed by atoms with van der Waals surface area (Å²) < 4.78 is 7.80. The molecule has 17 heavy (non-hydrogen) atoms. The Kier molecular flexibility index (Phi) is 2.85. The molecule has 3 heteroatoms. The van der Waals surface area contributed by atoms with Crippen molar-refractivity contribution in [3.8, 4) is 5.88 Å². The van der Waals surface area contributed by atoms with E-state index in [9.17, 15) is 0 Å². The van der Waals surface area contributed by atoms with Crippen LogP contribution in [0.2, 0.25) is 0 Å². The summed E-state index contributed by atoms with van der Waals surface area (Å²) in [5.41, 5.74) is 0. The van der Waals surface area contributed by atoms with Gasteiger partial charge in [-0.05, 0) is 50.9 Å². The predicted molar refractivity (Wildman–Crippen MR) is 67.0 cm³/mol. The Morgan fingerprint density at radius 2 is 2.29 bits per heavy atom. The predicted octanol–water partition coefficient (Wildman–Crippen LogP) is 3.28. The van der Waals surface area contributed by atoms with E-state index in [1.165, 1.54) is 25.7 Å². The first kappa shape index (κ1) is 11.1. The fraction of sp³-hybridized carbons (Fsp3) is 0.786. The van der Waals surface area contributed by atoms with Crippen molar-refractivity contribution in [1.29, 1.82) is 0 Å². The van der Waals surface area contributed by atoms with E-state index in [-0.39, 0.29) is 0 Å². The fourth-order valence-electron chi connectivity index (χ4n) is 3.46. The minimum Gasteiger partial charge on any atom is -0.476 e. The van der Waals surface area contributed by atoms with Gasteiger partial charge in [-0.3, -0.25) is 4.68 Å². The van der Waals surface area contributed by atoms with Crippen molar-refractivity contribution < 1.29 is 4.74 Å². The Labute approximate surface area is 103 Å². The Hall–Kier alpha value is -0.990. The Morgan fingerprint density at radius 3 is 2.88 bits per heavy atom. The third-order valence-corrected chi connectivity index (χ3v) is 4.44. The molecule has 3 nitrogen and oxygen atoms in total. The maximum Gasteiger partial charge on any atom is 0.232 e. The molecule has 0 saturated heterocycles. The molecule has 3 atom stereocenters. The Bertz CT molecular complexity index is 385. The number of ether oxygens (including phenoxy) is 1. The maximum absolute atomic E-state index is 5.84. The van der Waals surface area contributed by atoms with Crippen molar-refractivity contribution in [2.75, 3.05) is 6.61 Å². The smallest absolute Gasteiger partial charge is 0.232 e. The van der Waals surface area contributed by atoms with Crippen LogP contribution in [0, 0.1) is 17.8 Å². The van der Waals surface area contributed by atoms with E-state index in [0.29, 0.717) is 6.04 Å². The van der Waals surface area contributed by atoms with Crippen LogP contribution < -0.4 is 4.74 Å². The number of hydrogen-bond donors (Lipinski definition) is 0. The van der Waals surface area contributed by atoms with Crippen LogP contribution in [0.15, 0.2) is 12.3 Å². The molecular weight excluding hydrogens is 212 g/mol. The summed E-state index contributed by atoms with van der Waals surface area (Å²) in [6, 6.07) is 2.39. The zero-order chi connectivity index (χ0) is 11.8. The van der Waals surface area contributed by atoms with Crippen LogP contribution in [0.25, 0.3) is 0 Å². The summed E-state index contributed by atoms with van der Waals surface area (Å²) >= 11 is 0. The van der Waals surface area contributed by atoms with Gasteiger partial charge in [0, 0.05) is 18.3 Å². The molecule has 0 N–H and O–H groups in total. The van der Waals surface area contributed by atoms with Crippen molar-refractivity contribution in [3.05, 3.63) is 12.3 Å². The van der Waals surface area contributed by atoms with Crippen molar-refractivity contribution in [2.24, 2.45) is 17.8 Å². The van der Waals surface area contributed by atoms with Crippen molar-refractivity contribution >= 4 is 0 Å². The summed E-state index contributed by atoms with van der Waals surface area (Å²) in [6.45, 7) is 5.13. The molecule has 1 unspecified atom stereocenters. The second-order valence-electron chi connectivity index (χ2n) is 5.97.